The number of aromatic nitrogens is 2. The minimum Gasteiger partial charge on any atom is -0.383 e. The highest BCUT2D eigenvalue weighted by molar-refractivity contribution is 8.00. The molecular weight excluding hydrogens is 550 g/mol. The number of nitrogens with zero attached hydrogens (tertiary/aromatic N) is 4. The molecule has 40 heavy (non-hydrogen) atoms. The standard InChI is InChI=1S/C27H23N7O4S2/c1-3-17-4-6-18(7-5-17)25-21(13-28)26(30)32-27(22(25)14-29)39-15-24(35)31-19-8-10-20(11-9-19)40(36,37)34-23-12-16(2)38-33-23/h4-12H,3,15H2,1-2H3,(H2,30,32)(H,31,35)(H,33,34). The molecule has 0 unspecified atom stereocenters. The zero-order valence-corrected chi connectivity index (χ0v) is 23.1. The van der Waals surface area contributed by atoms with Crippen LogP contribution in [0.15, 0.2) is 69.0 Å². The highest BCUT2D eigenvalue weighted by Crippen LogP contribution is 2.35. The van der Waals surface area contributed by atoms with Gasteiger partial charge in [-0.15, -0.1) is 0 Å². The monoisotopic (exact) mass is 573 g/mol. The third-order valence-electron chi connectivity index (χ3n) is 5.72. The summed E-state index contributed by atoms with van der Waals surface area (Å²) in [5, 5.41) is 26.2. The Morgan fingerprint density at radius 3 is 2.33 bits per heavy atom. The van der Waals surface area contributed by atoms with Gasteiger partial charge in [0, 0.05) is 17.3 Å². The van der Waals surface area contributed by atoms with Gasteiger partial charge >= 0.3 is 0 Å². The lowest BCUT2D eigenvalue weighted by Crippen LogP contribution is -2.15. The topological polar surface area (TPSA) is 188 Å². The molecule has 0 aliphatic rings. The number of hydrogen-bond donors (Lipinski definition) is 3. The number of pyridine rings is 1. The number of nitrogens with one attached hydrogen (secondary N) is 2. The number of nitrogen functional groups attached to an aromatic ring is 1. The summed E-state index contributed by atoms with van der Waals surface area (Å²) < 4.78 is 32.3. The molecule has 4 rings (SSSR count). The van der Waals surface area contributed by atoms with Crippen molar-refractivity contribution < 1.29 is 17.7 Å². The van der Waals surface area contributed by atoms with E-state index in [-0.39, 0.29) is 38.4 Å². The van der Waals surface area contributed by atoms with Crippen LogP contribution in [0.2, 0.25) is 0 Å². The molecule has 13 heteroatoms. The van der Waals surface area contributed by atoms with E-state index in [1.807, 2.05) is 37.3 Å². The maximum absolute atomic E-state index is 12.7. The van der Waals surface area contributed by atoms with E-state index in [4.69, 9.17) is 10.3 Å². The number of sulfonamides is 1. The van der Waals surface area contributed by atoms with Crippen LogP contribution in [-0.4, -0.2) is 30.2 Å². The predicted molar refractivity (Wildman–Crippen MR) is 151 cm³/mol. The Morgan fingerprint density at radius 2 is 1.75 bits per heavy atom. The molecule has 0 fully saturated rings. The first kappa shape index (κ1) is 28.2. The van der Waals surface area contributed by atoms with Crippen LogP contribution in [0.5, 0.6) is 0 Å². The summed E-state index contributed by atoms with van der Waals surface area (Å²) in [4.78, 5) is 16.9. The van der Waals surface area contributed by atoms with Gasteiger partial charge in [0.2, 0.25) is 5.91 Å². The highest BCUT2D eigenvalue weighted by atomic mass is 32.2. The maximum atomic E-state index is 12.7. The van der Waals surface area contributed by atoms with E-state index in [9.17, 15) is 23.7 Å². The Bertz CT molecular complexity index is 1750. The molecule has 1 amide bonds. The summed E-state index contributed by atoms with van der Waals surface area (Å²) in [5.41, 5.74) is 8.79. The third kappa shape index (κ3) is 6.23. The van der Waals surface area contributed by atoms with Crippen LogP contribution in [0.25, 0.3) is 11.1 Å². The van der Waals surface area contributed by atoms with E-state index in [0.29, 0.717) is 22.6 Å². The second-order valence-corrected chi connectivity index (χ2v) is 11.1. The number of nitriles is 2. The first-order valence-corrected chi connectivity index (χ1v) is 14.3. The SMILES string of the molecule is CCc1ccc(-c2c(C#N)c(N)nc(SCC(=O)Nc3ccc(S(=O)(=O)Nc4cc(C)on4)cc3)c2C#N)cc1. The second kappa shape index (κ2) is 11.9. The van der Waals surface area contributed by atoms with Gasteiger partial charge in [-0.25, -0.2) is 13.4 Å². The molecule has 0 saturated carbocycles. The number of rotatable bonds is 9. The Balaban J connectivity index is 1.48. The van der Waals surface area contributed by atoms with E-state index >= 15 is 0 Å². The quantitative estimate of drug-likeness (QED) is 0.241. The molecule has 2 aromatic carbocycles. The highest BCUT2D eigenvalue weighted by Gasteiger charge is 2.21. The minimum atomic E-state index is -3.90. The number of amides is 1. The molecule has 0 spiro atoms. The number of anilines is 3. The summed E-state index contributed by atoms with van der Waals surface area (Å²) >= 11 is 1.00. The first-order chi connectivity index (χ1) is 19.1. The van der Waals surface area contributed by atoms with Gasteiger partial charge in [0.15, 0.2) is 5.82 Å². The fourth-order valence-corrected chi connectivity index (χ4v) is 5.54. The second-order valence-electron chi connectivity index (χ2n) is 8.49. The van der Waals surface area contributed by atoms with Crippen LogP contribution in [0.1, 0.15) is 29.4 Å². The van der Waals surface area contributed by atoms with Crippen molar-refractivity contribution in [1.29, 1.82) is 10.5 Å². The Labute approximate surface area is 235 Å². The molecule has 4 aromatic rings. The zero-order chi connectivity index (χ0) is 28.9. The number of aryl methyl sites for hydroxylation is 2. The summed E-state index contributed by atoms with van der Waals surface area (Å²) in [6, 6.07) is 18.6. The summed E-state index contributed by atoms with van der Waals surface area (Å²) in [7, 11) is -3.90. The molecule has 0 bridgehead atoms. The van der Waals surface area contributed by atoms with Crippen molar-refractivity contribution in [3.8, 4) is 23.3 Å². The fraction of sp³-hybridized carbons (Fsp3) is 0.148. The summed E-state index contributed by atoms with van der Waals surface area (Å²) in [5.74, 6) is -0.0588. The number of carbonyl (C=O) groups excluding carboxylic acids is 1. The zero-order valence-electron chi connectivity index (χ0n) is 21.4. The average Bonchev–Trinajstić information content (AvgIpc) is 3.35. The number of nitrogens with two attached hydrogens (primary N) is 1. The molecule has 0 aliphatic heterocycles. The smallest absolute Gasteiger partial charge is 0.263 e. The minimum absolute atomic E-state index is 0.0315. The molecule has 0 aliphatic carbocycles. The van der Waals surface area contributed by atoms with Crippen LogP contribution >= 0.6 is 11.8 Å². The van der Waals surface area contributed by atoms with Crippen molar-refractivity contribution in [1.82, 2.24) is 10.1 Å². The molecule has 202 valence electrons. The molecule has 2 aromatic heterocycles. The number of carbonyl (C=O) groups is 1. The molecular formula is C27H23N7O4S2. The van der Waals surface area contributed by atoms with Gasteiger partial charge in [-0.3, -0.25) is 9.52 Å². The largest absolute Gasteiger partial charge is 0.383 e. The van der Waals surface area contributed by atoms with E-state index in [0.717, 1.165) is 23.7 Å². The van der Waals surface area contributed by atoms with Gasteiger partial charge in [-0.1, -0.05) is 48.1 Å². The molecule has 0 atom stereocenters. The van der Waals surface area contributed by atoms with Gasteiger partial charge in [0.1, 0.15) is 34.3 Å². The van der Waals surface area contributed by atoms with Crippen LogP contribution in [0.3, 0.4) is 0 Å². The van der Waals surface area contributed by atoms with E-state index < -0.39 is 15.9 Å². The van der Waals surface area contributed by atoms with E-state index in [2.05, 4.69) is 26.2 Å². The van der Waals surface area contributed by atoms with E-state index in [1.165, 1.54) is 30.3 Å². The molecule has 4 N–H and O–H groups in total. The normalized spacial score (nSPS) is 10.9. The van der Waals surface area contributed by atoms with Crippen molar-refractivity contribution in [2.24, 2.45) is 0 Å². The van der Waals surface area contributed by atoms with Gasteiger partial charge in [-0.05, 0) is 48.7 Å². The predicted octanol–water partition coefficient (Wildman–Crippen LogP) is 4.46. The molecule has 11 nitrogen and oxygen atoms in total. The lowest BCUT2D eigenvalue weighted by Gasteiger charge is -2.13. The Hall–Kier alpha value is -4.85. The van der Waals surface area contributed by atoms with Crippen LogP contribution in [0.4, 0.5) is 17.3 Å². The summed E-state index contributed by atoms with van der Waals surface area (Å²) in [6.07, 6.45) is 0.836. The van der Waals surface area contributed by atoms with Gasteiger partial charge < -0.3 is 15.6 Å². The fourth-order valence-electron chi connectivity index (χ4n) is 3.76. The van der Waals surface area contributed by atoms with Crippen molar-refractivity contribution in [2.75, 3.05) is 21.5 Å². The van der Waals surface area contributed by atoms with Crippen molar-refractivity contribution >= 4 is 45.0 Å². The Morgan fingerprint density at radius 1 is 1.07 bits per heavy atom. The first-order valence-electron chi connectivity index (χ1n) is 11.9. The van der Waals surface area contributed by atoms with Crippen molar-refractivity contribution in [2.45, 2.75) is 30.2 Å². The lowest BCUT2D eigenvalue weighted by molar-refractivity contribution is -0.113. The molecule has 2 heterocycles. The molecule has 0 radical (unpaired) electrons. The Kier molecular flexibility index (Phi) is 8.38. The summed E-state index contributed by atoms with van der Waals surface area (Å²) in [6.45, 7) is 3.66. The van der Waals surface area contributed by atoms with Crippen LogP contribution < -0.4 is 15.8 Å². The van der Waals surface area contributed by atoms with Crippen molar-refractivity contribution in [3.63, 3.8) is 0 Å². The van der Waals surface area contributed by atoms with Gasteiger partial charge in [-0.2, -0.15) is 10.5 Å². The number of hydrogen-bond acceptors (Lipinski definition) is 10. The lowest BCUT2D eigenvalue weighted by atomic mass is 9.96. The third-order valence-corrected chi connectivity index (χ3v) is 8.07. The molecule has 0 saturated heterocycles. The number of benzene rings is 2. The van der Waals surface area contributed by atoms with Gasteiger partial charge in [0.25, 0.3) is 10.0 Å². The maximum Gasteiger partial charge on any atom is 0.263 e. The van der Waals surface area contributed by atoms with Crippen molar-refractivity contribution in [3.05, 3.63) is 77.0 Å². The van der Waals surface area contributed by atoms with Crippen LogP contribution in [0, 0.1) is 29.6 Å². The average molecular weight is 574 g/mol. The van der Waals surface area contributed by atoms with E-state index in [1.54, 1.807) is 6.92 Å². The van der Waals surface area contributed by atoms with Crippen LogP contribution in [-0.2, 0) is 21.2 Å². The van der Waals surface area contributed by atoms with Gasteiger partial charge in [0.05, 0.1) is 16.2 Å². The number of thioether (sulfide) groups is 1.